The second-order valence-electron chi connectivity index (χ2n) is 3.96. The predicted molar refractivity (Wildman–Crippen MR) is 75.3 cm³/mol. The third-order valence-corrected chi connectivity index (χ3v) is 3.10. The monoisotopic (exact) mass is 290 g/mol. The van der Waals surface area contributed by atoms with Gasteiger partial charge in [0.25, 0.3) is 0 Å². The smallest absolute Gasteiger partial charge is 0.0421 e. The van der Waals surface area contributed by atoms with E-state index in [4.69, 9.17) is 0 Å². The number of halogens is 1. The first kappa shape index (κ1) is 12.1. The van der Waals surface area contributed by atoms with Crippen LogP contribution in [-0.4, -0.2) is 11.5 Å². The number of rotatable bonds is 4. The van der Waals surface area contributed by atoms with Crippen LogP contribution in [0.3, 0.4) is 0 Å². The van der Waals surface area contributed by atoms with Crippen LogP contribution in [-0.2, 0) is 6.42 Å². The molecular weight excluding hydrogens is 276 g/mol. The lowest BCUT2D eigenvalue weighted by Gasteiger charge is -2.09. The number of aryl methyl sites for hydroxylation is 1. The van der Waals surface area contributed by atoms with E-state index in [0.29, 0.717) is 0 Å². The second kappa shape index (κ2) is 5.82. The lowest BCUT2D eigenvalue weighted by molar-refractivity contribution is 0.960. The van der Waals surface area contributed by atoms with Gasteiger partial charge in [0.05, 0.1) is 0 Å². The quantitative estimate of drug-likeness (QED) is 0.926. The van der Waals surface area contributed by atoms with E-state index in [2.05, 4.69) is 57.4 Å². The molecule has 0 amide bonds. The number of hydrogen-bond acceptors (Lipinski definition) is 2. The van der Waals surface area contributed by atoms with Crippen LogP contribution in [0.15, 0.2) is 47.1 Å². The minimum absolute atomic E-state index is 0.902. The minimum atomic E-state index is 0.902. The first-order valence-electron chi connectivity index (χ1n) is 5.65. The van der Waals surface area contributed by atoms with Gasteiger partial charge in [-0.2, -0.15) is 0 Å². The highest BCUT2D eigenvalue weighted by atomic mass is 79.9. The summed E-state index contributed by atoms with van der Waals surface area (Å²) in [5.41, 5.74) is 3.55. The van der Waals surface area contributed by atoms with Gasteiger partial charge in [0, 0.05) is 35.0 Å². The summed E-state index contributed by atoms with van der Waals surface area (Å²) in [7, 11) is 0. The van der Waals surface area contributed by atoms with Crippen LogP contribution in [0.2, 0.25) is 0 Å². The van der Waals surface area contributed by atoms with Gasteiger partial charge in [0.15, 0.2) is 0 Å². The van der Waals surface area contributed by atoms with E-state index in [1.807, 2.05) is 18.3 Å². The SMILES string of the molecule is Cc1cc(Br)ccc1NCCc1ccccn1. The Morgan fingerprint density at radius 3 is 2.82 bits per heavy atom. The van der Waals surface area contributed by atoms with Crippen molar-refractivity contribution in [1.82, 2.24) is 4.98 Å². The zero-order chi connectivity index (χ0) is 12.1. The average molecular weight is 291 g/mol. The van der Waals surface area contributed by atoms with E-state index in [1.54, 1.807) is 0 Å². The Kier molecular flexibility index (Phi) is 4.15. The van der Waals surface area contributed by atoms with Crippen LogP contribution >= 0.6 is 15.9 Å². The summed E-state index contributed by atoms with van der Waals surface area (Å²) in [5.74, 6) is 0. The lowest BCUT2D eigenvalue weighted by atomic mass is 10.2. The third-order valence-electron chi connectivity index (χ3n) is 2.61. The van der Waals surface area contributed by atoms with Gasteiger partial charge in [0.2, 0.25) is 0 Å². The topological polar surface area (TPSA) is 24.9 Å². The molecule has 2 nitrogen and oxygen atoms in total. The van der Waals surface area contributed by atoms with Crippen LogP contribution in [0.25, 0.3) is 0 Å². The number of nitrogens with zero attached hydrogens (tertiary/aromatic N) is 1. The summed E-state index contributed by atoms with van der Waals surface area (Å²) in [6.45, 7) is 3.01. The molecular formula is C14H15BrN2. The second-order valence-corrected chi connectivity index (χ2v) is 4.87. The molecule has 88 valence electrons. The Balaban J connectivity index is 1.90. The average Bonchev–Trinajstić information content (AvgIpc) is 2.33. The summed E-state index contributed by atoms with van der Waals surface area (Å²) in [6, 6.07) is 12.3. The molecule has 0 atom stereocenters. The first-order chi connectivity index (χ1) is 8.25. The Bertz CT molecular complexity index is 483. The maximum Gasteiger partial charge on any atom is 0.0421 e. The predicted octanol–water partition coefficient (Wildman–Crippen LogP) is 3.81. The summed E-state index contributed by atoms with van der Waals surface area (Å²) >= 11 is 3.46. The van der Waals surface area contributed by atoms with Crippen molar-refractivity contribution < 1.29 is 0 Å². The minimum Gasteiger partial charge on any atom is -0.384 e. The van der Waals surface area contributed by atoms with Crippen molar-refractivity contribution in [2.45, 2.75) is 13.3 Å². The van der Waals surface area contributed by atoms with Crippen LogP contribution in [0, 0.1) is 6.92 Å². The summed E-state index contributed by atoms with van der Waals surface area (Å²) in [4.78, 5) is 4.30. The van der Waals surface area contributed by atoms with Gasteiger partial charge in [-0.1, -0.05) is 22.0 Å². The van der Waals surface area contributed by atoms with Gasteiger partial charge in [-0.25, -0.2) is 0 Å². The summed E-state index contributed by atoms with van der Waals surface area (Å²) in [6.07, 6.45) is 2.77. The lowest BCUT2D eigenvalue weighted by Crippen LogP contribution is -2.06. The van der Waals surface area contributed by atoms with Crippen LogP contribution < -0.4 is 5.32 Å². The molecule has 0 aliphatic heterocycles. The van der Waals surface area contributed by atoms with Crippen molar-refractivity contribution in [3.05, 3.63) is 58.3 Å². The number of benzene rings is 1. The van der Waals surface area contributed by atoms with Crippen molar-refractivity contribution in [2.75, 3.05) is 11.9 Å². The van der Waals surface area contributed by atoms with Crippen molar-refractivity contribution in [2.24, 2.45) is 0 Å². The number of pyridine rings is 1. The molecule has 0 saturated carbocycles. The van der Waals surface area contributed by atoms with E-state index in [0.717, 1.165) is 23.1 Å². The van der Waals surface area contributed by atoms with Crippen LogP contribution in [0.4, 0.5) is 5.69 Å². The zero-order valence-electron chi connectivity index (χ0n) is 9.78. The van der Waals surface area contributed by atoms with Gasteiger partial charge in [-0.05, 0) is 42.8 Å². The number of aromatic nitrogens is 1. The maximum atomic E-state index is 4.30. The van der Waals surface area contributed by atoms with Gasteiger partial charge >= 0.3 is 0 Å². The molecule has 0 aliphatic rings. The Labute approximate surface area is 110 Å². The molecule has 17 heavy (non-hydrogen) atoms. The fraction of sp³-hybridized carbons (Fsp3) is 0.214. The van der Waals surface area contributed by atoms with E-state index in [1.165, 1.54) is 11.3 Å². The third kappa shape index (κ3) is 3.56. The maximum absolute atomic E-state index is 4.30. The van der Waals surface area contributed by atoms with Gasteiger partial charge < -0.3 is 5.32 Å². The van der Waals surface area contributed by atoms with Crippen molar-refractivity contribution >= 4 is 21.6 Å². The van der Waals surface area contributed by atoms with Gasteiger partial charge in [-0.15, -0.1) is 0 Å². The molecule has 0 fully saturated rings. The fourth-order valence-electron chi connectivity index (χ4n) is 1.70. The molecule has 0 unspecified atom stereocenters. The molecule has 1 aromatic carbocycles. The number of hydrogen-bond donors (Lipinski definition) is 1. The molecule has 3 heteroatoms. The molecule has 2 aromatic rings. The molecule has 1 N–H and O–H groups in total. The molecule has 0 spiro atoms. The molecule has 0 radical (unpaired) electrons. The van der Waals surface area contributed by atoms with E-state index in [9.17, 15) is 0 Å². The van der Waals surface area contributed by atoms with Crippen LogP contribution in [0.5, 0.6) is 0 Å². The summed E-state index contributed by atoms with van der Waals surface area (Å²) < 4.78 is 1.12. The van der Waals surface area contributed by atoms with E-state index in [-0.39, 0.29) is 0 Å². The Hall–Kier alpha value is -1.35. The fourth-order valence-corrected chi connectivity index (χ4v) is 2.17. The van der Waals surface area contributed by atoms with Crippen molar-refractivity contribution in [3.63, 3.8) is 0 Å². The highest BCUT2D eigenvalue weighted by molar-refractivity contribution is 9.10. The van der Waals surface area contributed by atoms with Gasteiger partial charge in [0.1, 0.15) is 0 Å². The Morgan fingerprint density at radius 2 is 2.12 bits per heavy atom. The molecule has 0 bridgehead atoms. The molecule has 1 aromatic heterocycles. The molecule has 0 saturated heterocycles. The molecule has 0 aliphatic carbocycles. The normalized spacial score (nSPS) is 10.2. The Morgan fingerprint density at radius 1 is 1.24 bits per heavy atom. The van der Waals surface area contributed by atoms with Crippen LogP contribution in [0.1, 0.15) is 11.3 Å². The number of nitrogens with one attached hydrogen (secondary N) is 1. The standard InChI is InChI=1S/C14H15BrN2/c1-11-10-12(15)5-6-14(11)17-9-7-13-4-2-3-8-16-13/h2-6,8,10,17H,7,9H2,1H3. The highest BCUT2D eigenvalue weighted by Gasteiger charge is 1.98. The largest absolute Gasteiger partial charge is 0.384 e. The molecule has 2 rings (SSSR count). The van der Waals surface area contributed by atoms with Crippen molar-refractivity contribution in [1.29, 1.82) is 0 Å². The highest BCUT2D eigenvalue weighted by Crippen LogP contribution is 2.19. The van der Waals surface area contributed by atoms with Crippen molar-refractivity contribution in [3.8, 4) is 0 Å². The summed E-state index contributed by atoms with van der Waals surface area (Å²) in [5, 5.41) is 3.43. The number of anilines is 1. The zero-order valence-corrected chi connectivity index (χ0v) is 11.4. The van der Waals surface area contributed by atoms with E-state index >= 15 is 0 Å². The van der Waals surface area contributed by atoms with Gasteiger partial charge in [-0.3, -0.25) is 4.98 Å². The molecule has 1 heterocycles. The first-order valence-corrected chi connectivity index (χ1v) is 6.45. The van der Waals surface area contributed by atoms with E-state index < -0.39 is 0 Å².